The van der Waals surface area contributed by atoms with Gasteiger partial charge in [-0.25, -0.2) is 9.38 Å². The number of nitrogens with zero attached hydrogens (tertiary/aromatic N) is 2. The van der Waals surface area contributed by atoms with Gasteiger partial charge in [0.15, 0.2) is 0 Å². The summed E-state index contributed by atoms with van der Waals surface area (Å²) >= 11 is 0. The number of pyridine rings is 1. The maximum Gasteiger partial charge on any atom is 0.134 e. The molecule has 0 radical (unpaired) electrons. The molecule has 2 aliphatic carbocycles. The van der Waals surface area contributed by atoms with Crippen molar-refractivity contribution in [1.82, 2.24) is 15.6 Å². The Kier molecular flexibility index (Phi) is 7.69. The van der Waals surface area contributed by atoms with Crippen LogP contribution in [0, 0.1) is 5.82 Å². The summed E-state index contributed by atoms with van der Waals surface area (Å²) in [6.07, 6.45) is 11.6. The lowest BCUT2D eigenvalue weighted by Crippen LogP contribution is -2.29. The zero-order chi connectivity index (χ0) is 24.8. The molecular weight excluding hydrogens is 439 g/mol. The third-order valence-corrected chi connectivity index (χ3v) is 6.61. The number of aromatic nitrogens is 1. The zero-order valence-electron chi connectivity index (χ0n) is 20.9. The van der Waals surface area contributed by atoms with E-state index in [9.17, 15) is 4.39 Å². The highest BCUT2D eigenvalue weighted by Gasteiger charge is 2.46. The maximum absolute atomic E-state index is 13.3. The lowest BCUT2D eigenvalue weighted by atomic mass is 9.92. The molecule has 0 bridgehead atoms. The van der Waals surface area contributed by atoms with E-state index in [1.807, 2.05) is 26.1 Å². The average molecular weight is 475 g/mol. The Balaban J connectivity index is 1.48. The third-order valence-electron chi connectivity index (χ3n) is 6.61. The minimum atomic E-state index is -0.247. The number of fused-ring (bicyclic) bond motifs is 1. The second-order valence-corrected chi connectivity index (χ2v) is 9.12. The summed E-state index contributed by atoms with van der Waals surface area (Å²) in [5.74, 6) is 1.33. The van der Waals surface area contributed by atoms with Crippen molar-refractivity contribution in [2.24, 2.45) is 4.99 Å². The highest BCUT2D eigenvalue weighted by atomic mass is 19.1. The SMILES string of the molecule is C=C(NC1(c2ccc3c(n2)CCCC3OC(/C=N\C(=C\CC)NC)=C/C)CC1)c1ccc(F)cc1. The fraction of sp³-hybridized carbons (Fsp3) is 0.379. The van der Waals surface area contributed by atoms with E-state index >= 15 is 0 Å². The van der Waals surface area contributed by atoms with Crippen molar-refractivity contribution in [3.8, 4) is 0 Å². The van der Waals surface area contributed by atoms with Gasteiger partial charge < -0.3 is 15.4 Å². The molecule has 6 heteroatoms. The van der Waals surface area contributed by atoms with Gasteiger partial charge in [-0.3, -0.25) is 4.98 Å². The molecule has 35 heavy (non-hydrogen) atoms. The third kappa shape index (κ3) is 5.81. The summed E-state index contributed by atoms with van der Waals surface area (Å²) in [6.45, 7) is 8.23. The van der Waals surface area contributed by atoms with Crippen molar-refractivity contribution in [2.75, 3.05) is 7.05 Å². The fourth-order valence-corrected chi connectivity index (χ4v) is 4.47. The second-order valence-electron chi connectivity index (χ2n) is 9.12. The van der Waals surface area contributed by atoms with Crippen LogP contribution in [-0.4, -0.2) is 18.2 Å². The summed E-state index contributed by atoms with van der Waals surface area (Å²) in [4.78, 5) is 9.60. The van der Waals surface area contributed by atoms with Gasteiger partial charge in [-0.1, -0.05) is 31.7 Å². The number of benzene rings is 1. The highest BCUT2D eigenvalue weighted by molar-refractivity contribution is 5.76. The number of hydrogen-bond donors (Lipinski definition) is 2. The van der Waals surface area contributed by atoms with Crippen LogP contribution in [0.5, 0.6) is 0 Å². The number of rotatable bonds is 10. The van der Waals surface area contributed by atoms with Crippen LogP contribution in [0.1, 0.15) is 74.6 Å². The quantitative estimate of drug-likeness (QED) is 0.313. The van der Waals surface area contributed by atoms with Gasteiger partial charge in [0.1, 0.15) is 23.5 Å². The van der Waals surface area contributed by atoms with Gasteiger partial charge >= 0.3 is 0 Å². The zero-order valence-corrected chi connectivity index (χ0v) is 20.9. The van der Waals surface area contributed by atoms with Crippen LogP contribution in [-0.2, 0) is 16.7 Å². The van der Waals surface area contributed by atoms with Gasteiger partial charge in [-0.2, -0.15) is 0 Å². The topological polar surface area (TPSA) is 58.5 Å². The Morgan fingerprint density at radius 3 is 2.69 bits per heavy atom. The van der Waals surface area contributed by atoms with Crippen LogP contribution < -0.4 is 10.6 Å². The first-order valence-electron chi connectivity index (χ1n) is 12.5. The van der Waals surface area contributed by atoms with E-state index in [0.29, 0.717) is 0 Å². The molecule has 0 aliphatic heterocycles. The van der Waals surface area contributed by atoms with Gasteiger partial charge in [-0.05, 0) is 81.4 Å². The van der Waals surface area contributed by atoms with E-state index in [2.05, 4.69) is 41.3 Å². The van der Waals surface area contributed by atoms with Crippen molar-refractivity contribution in [3.63, 3.8) is 0 Å². The van der Waals surface area contributed by atoms with E-state index in [1.54, 1.807) is 18.3 Å². The smallest absolute Gasteiger partial charge is 0.134 e. The number of aryl methyl sites for hydroxylation is 1. The molecule has 0 amide bonds. The van der Waals surface area contributed by atoms with Crippen LogP contribution >= 0.6 is 0 Å². The first-order valence-corrected chi connectivity index (χ1v) is 12.5. The van der Waals surface area contributed by atoms with Crippen LogP contribution in [0.15, 0.2) is 71.7 Å². The van der Waals surface area contributed by atoms with E-state index in [0.717, 1.165) is 78.3 Å². The number of ether oxygens (including phenoxy) is 1. The Morgan fingerprint density at radius 1 is 1.26 bits per heavy atom. The molecule has 1 aromatic carbocycles. The first-order chi connectivity index (χ1) is 17.0. The highest BCUT2D eigenvalue weighted by Crippen LogP contribution is 2.47. The number of allylic oxidation sites excluding steroid dienone is 3. The molecule has 1 atom stereocenters. The fourth-order valence-electron chi connectivity index (χ4n) is 4.47. The molecule has 1 fully saturated rings. The van der Waals surface area contributed by atoms with E-state index < -0.39 is 0 Å². The van der Waals surface area contributed by atoms with E-state index in [1.165, 1.54) is 12.1 Å². The monoisotopic (exact) mass is 474 g/mol. The molecule has 0 spiro atoms. The molecule has 1 aromatic heterocycles. The molecule has 2 aromatic rings. The molecule has 1 heterocycles. The second kappa shape index (κ2) is 10.9. The Labute approximate surface area is 207 Å². The summed E-state index contributed by atoms with van der Waals surface area (Å²) in [5, 5.41) is 6.67. The van der Waals surface area contributed by atoms with Crippen LogP contribution in [0.4, 0.5) is 4.39 Å². The van der Waals surface area contributed by atoms with Crippen molar-refractivity contribution in [1.29, 1.82) is 0 Å². The normalized spacial score (nSPS) is 19.3. The number of halogens is 1. The van der Waals surface area contributed by atoms with Gasteiger partial charge in [-0.15, -0.1) is 0 Å². The van der Waals surface area contributed by atoms with Crippen molar-refractivity contribution < 1.29 is 9.13 Å². The molecule has 1 unspecified atom stereocenters. The molecule has 184 valence electrons. The predicted octanol–water partition coefficient (Wildman–Crippen LogP) is 6.31. The molecule has 4 rings (SSSR count). The number of aliphatic imine (C=N–C) groups is 1. The minimum Gasteiger partial charge on any atom is -0.484 e. The van der Waals surface area contributed by atoms with Gasteiger partial charge in [0, 0.05) is 24.0 Å². The van der Waals surface area contributed by atoms with Crippen molar-refractivity contribution >= 4 is 11.9 Å². The molecule has 0 saturated heterocycles. The average Bonchev–Trinajstić information content (AvgIpc) is 3.66. The van der Waals surface area contributed by atoms with E-state index in [-0.39, 0.29) is 17.5 Å². The molecule has 2 aliphatic rings. The Morgan fingerprint density at radius 2 is 2.03 bits per heavy atom. The Bertz CT molecular complexity index is 1150. The van der Waals surface area contributed by atoms with Crippen LogP contribution in [0.3, 0.4) is 0 Å². The number of nitrogens with one attached hydrogen (secondary N) is 2. The summed E-state index contributed by atoms with van der Waals surface area (Å²) in [7, 11) is 1.87. The molecular formula is C29H35FN4O. The first kappa shape index (κ1) is 24.7. The lowest BCUT2D eigenvalue weighted by molar-refractivity contribution is 0.114. The largest absolute Gasteiger partial charge is 0.484 e. The lowest BCUT2D eigenvalue weighted by Gasteiger charge is -2.28. The molecule has 2 N–H and O–H groups in total. The summed E-state index contributed by atoms with van der Waals surface area (Å²) in [5.41, 5.74) is 4.77. The maximum atomic E-state index is 13.3. The molecule has 5 nitrogen and oxygen atoms in total. The Hall–Kier alpha value is -3.41. The van der Waals surface area contributed by atoms with Gasteiger partial charge in [0.25, 0.3) is 0 Å². The van der Waals surface area contributed by atoms with E-state index in [4.69, 9.17) is 9.72 Å². The van der Waals surface area contributed by atoms with Gasteiger partial charge in [0.05, 0.1) is 17.4 Å². The van der Waals surface area contributed by atoms with Crippen molar-refractivity contribution in [3.05, 3.63) is 95.0 Å². The van der Waals surface area contributed by atoms with Gasteiger partial charge in [0.2, 0.25) is 0 Å². The van der Waals surface area contributed by atoms with Crippen molar-refractivity contribution in [2.45, 2.75) is 64.0 Å². The standard InChI is InChI=1S/C29H35FN4O/c1-5-8-28(31-4)32-19-23(6-2)35-26-10-7-9-25-24(26)15-16-27(33-25)29(17-18-29)34-20(3)21-11-13-22(30)14-12-21/h6,8,11-16,19,26,31,34H,3,5,7,9-10,17-18H2,1-2,4H3/b23-6+,28-8+,32-19-. The predicted molar refractivity (Wildman–Crippen MR) is 140 cm³/mol. The molecule has 1 saturated carbocycles. The summed E-state index contributed by atoms with van der Waals surface area (Å²) in [6, 6.07) is 10.7. The van der Waals surface area contributed by atoms with Crippen LogP contribution in [0.2, 0.25) is 0 Å². The minimum absolute atomic E-state index is 0.0385. The summed E-state index contributed by atoms with van der Waals surface area (Å²) < 4.78 is 19.7. The van der Waals surface area contributed by atoms with Crippen LogP contribution in [0.25, 0.3) is 5.70 Å². The number of hydrogen-bond acceptors (Lipinski definition) is 5.